The molecule has 3 rings (SSSR count). The lowest BCUT2D eigenvalue weighted by molar-refractivity contribution is -0.385. The number of nitrogens with zero attached hydrogens (tertiary/aromatic N) is 3. The fourth-order valence-corrected chi connectivity index (χ4v) is 4.78. The van der Waals surface area contributed by atoms with Crippen molar-refractivity contribution in [1.29, 1.82) is 0 Å². The van der Waals surface area contributed by atoms with E-state index in [9.17, 15) is 23.3 Å². The number of carbonyl (C=O) groups excluding carboxylic acids is 1. The molecule has 0 aromatic heterocycles. The van der Waals surface area contributed by atoms with E-state index >= 15 is 0 Å². The number of hydrogen-bond acceptors (Lipinski definition) is 6. The summed E-state index contributed by atoms with van der Waals surface area (Å²) in [6.45, 7) is 1.91. The van der Waals surface area contributed by atoms with Gasteiger partial charge >= 0.3 is 0 Å². The number of halogens is 1. The van der Waals surface area contributed by atoms with Crippen LogP contribution in [0.2, 0.25) is 5.02 Å². The maximum absolute atomic E-state index is 12.8. The van der Waals surface area contributed by atoms with Crippen LogP contribution in [0.3, 0.4) is 0 Å². The molecule has 0 saturated carbocycles. The number of nitrogens with one attached hydrogen (secondary N) is 1. The molecule has 1 aliphatic heterocycles. The largest absolute Gasteiger partial charge is 0.325 e. The third-order valence-electron chi connectivity index (χ3n) is 4.80. The number of nitro groups is 1. The van der Waals surface area contributed by atoms with E-state index in [-0.39, 0.29) is 36.0 Å². The average molecular weight is 453 g/mol. The minimum Gasteiger partial charge on any atom is -0.325 e. The smallest absolute Gasteiger partial charge is 0.270 e. The van der Waals surface area contributed by atoms with Crippen LogP contribution in [0.25, 0.3) is 0 Å². The summed E-state index contributed by atoms with van der Waals surface area (Å²) in [5.41, 5.74) is 0.288. The molecule has 1 saturated heterocycles. The second-order valence-electron chi connectivity index (χ2n) is 6.78. The Bertz CT molecular complexity index is 1040. The summed E-state index contributed by atoms with van der Waals surface area (Å²) in [6.07, 6.45) is 0.253. The first-order chi connectivity index (χ1) is 14.3. The Balaban J connectivity index is 1.52. The van der Waals surface area contributed by atoms with Gasteiger partial charge in [0.15, 0.2) is 0 Å². The van der Waals surface area contributed by atoms with Gasteiger partial charge in [-0.3, -0.25) is 14.9 Å². The SMILES string of the molecule is O=C(CCN1CCN(S(=O)(=O)c2cccc([N+](=O)[O-])c2)CC1)Nc1ccccc1Cl. The Labute approximate surface area is 179 Å². The molecule has 2 aromatic rings. The lowest BCUT2D eigenvalue weighted by atomic mass is 10.3. The molecule has 11 heteroatoms. The van der Waals surface area contributed by atoms with Gasteiger partial charge in [-0.1, -0.05) is 29.8 Å². The van der Waals surface area contributed by atoms with E-state index in [0.29, 0.717) is 30.3 Å². The van der Waals surface area contributed by atoms with Crippen molar-refractivity contribution < 1.29 is 18.1 Å². The molecule has 0 unspecified atom stereocenters. The van der Waals surface area contributed by atoms with Gasteiger partial charge in [0, 0.05) is 51.3 Å². The maximum atomic E-state index is 12.8. The number of benzene rings is 2. The van der Waals surface area contributed by atoms with Crippen LogP contribution in [-0.4, -0.2) is 61.2 Å². The van der Waals surface area contributed by atoms with Crippen molar-refractivity contribution in [3.05, 3.63) is 63.7 Å². The average Bonchev–Trinajstić information content (AvgIpc) is 2.74. The molecule has 9 nitrogen and oxygen atoms in total. The molecule has 1 amide bonds. The fraction of sp³-hybridized carbons (Fsp3) is 0.316. The second-order valence-corrected chi connectivity index (χ2v) is 9.12. The normalized spacial score (nSPS) is 15.6. The highest BCUT2D eigenvalue weighted by Crippen LogP contribution is 2.23. The highest BCUT2D eigenvalue weighted by atomic mass is 35.5. The molecular formula is C19H21ClN4O5S. The second kappa shape index (κ2) is 9.52. The van der Waals surface area contributed by atoms with Gasteiger partial charge in [0.05, 0.1) is 20.5 Å². The van der Waals surface area contributed by atoms with Gasteiger partial charge in [-0.2, -0.15) is 4.31 Å². The van der Waals surface area contributed by atoms with E-state index in [1.54, 1.807) is 24.3 Å². The van der Waals surface area contributed by atoms with Crippen LogP contribution in [-0.2, 0) is 14.8 Å². The van der Waals surface area contributed by atoms with Gasteiger partial charge in [0.25, 0.3) is 5.69 Å². The lowest BCUT2D eigenvalue weighted by Crippen LogP contribution is -2.49. The van der Waals surface area contributed by atoms with Crippen molar-refractivity contribution in [3.63, 3.8) is 0 Å². The lowest BCUT2D eigenvalue weighted by Gasteiger charge is -2.33. The maximum Gasteiger partial charge on any atom is 0.270 e. The van der Waals surface area contributed by atoms with Crippen LogP contribution in [0.4, 0.5) is 11.4 Å². The van der Waals surface area contributed by atoms with Gasteiger partial charge in [-0.05, 0) is 18.2 Å². The summed E-state index contributed by atoms with van der Waals surface area (Å²) in [5.74, 6) is -0.172. The van der Waals surface area contributed by atoms with Crippen LogP contribution < -0.4 is 5.32 Å². The van der Waals surface area contributed by atoms with E-state index in [1.807, 2.05) is 4.90 Å². The number of sulfonamides is 1. The zero-order chi connectivity index (χ0) is 21.7. The van der Waals surface area contributed by atoms with E-state index in [2.05, 4.69) is 5.32 Å². The first-order valence-electron chi connectivity index (χ1n) is 9.29. The summed E-state index contributed by atoms with van der Waals surface area (Å²) >= 11 is 6.03. The number of piperazine rings is 1. The molecule has 0 aliphatic carbocycles. The Morgan fingerprint density at radius 1 is 1.10 bits per heavy atom. The molecule has 1 aliphatic rings. The van der Waals surface area contributed by atoms with E-state index < -0.39 is 14.9 Å². The monoisotopic (exact) mass is 452 g/mol. The van der Waals surface area contributed by atoms with Gasteiger partial charge < -0.3 is 10.2 Å². The van der Waals surface area contributed by atoms with Crippen molar-refractivity contribution in [2.45, 2.75) is 11.3 Å². The Morgan fingerprint density at radius 2 is 1.80 bits per heavy atom. The number of non-ortho nitro benzene ring substituents is 1. The van der Waals surface area contributed by atoms with Gasteiger partial charge in [0.1, 0.15) is 0 Å². The minimum atomic E-state index is -3.81. The molecule has 160 valence electrons. The number of amides is 1. The first-order valence-corrected chi connectivity index (χ1v) is 11.1. The minimum absolute atomic E-state index is 0.0933. The van der Waals surface area contributed by atoms with Gasteiger partial charge in [0.2, 0.25) is 15.9 Å². The number of anilines is 1. The third-order valence-corrected chi connectivity index (χ3v) is 7.02. The van der Waals surface area contributed by atoms with E-state index in [4.69, 9.17) is 11.6 Å². The summed E-state index contributed by atoms with van der Waals surface area (Å²) in [6, 6.07) is 12.0. The quantitative estimate of drug-likeness (QED) is 0.510. The summed E-state index contributed by atoms with van der Waals surface area (Å²) < 4.78 is 26.9. The van der Waals surface area contributed by atoms with Crippen LogP contribution in [0, 0.1) is 10.1 Å². The summed E-state index contributed by atoms with van der Waals surface area (Å²) in [7, 11) is -3.81. The molecule has 1 heterocycles. The molecular weight excluding hydrogens is 432 g/mol. The molecule has 0 spiro atoms. The molecule has 1 N–H and O–H groups in total. The van der Waals surface area contributed by atoms with E-state index in [1.165, 1.54) is 22.5 Å². The predicted octanol–water partition coefficient (Wildman–Crippen LogP) is 2.58. The topological polar surface area (TPSA) is 113 Å². The van der Waals surface area contributed by atoms with Crippen molar-refractivity contribution >= 4 is 38.9 Å². The van der Waals surface area contributed by atoms with Crippen LogP contribution in [0.5, 0.6) is 0 Å². The summed E-state index contributed by atoms with van der Waals surface area (Å²) in [4.78, 5) is 24.3. The van der Waals surface area contributed by atoms with Crippen molar-refractivity contribution in [3.8, 4) is 0 Å². The van der Waals surface area contributed by atoms with Crippen molar-refractivity contribution in [1.82, 2.24) is 9.21 Å². The number of para-hydroxylation sites is 1. The molecule has 1 fully saturated rings. The van der Waals surface area contributed by atoms with Crippen molar-refractivity contribution in [2.24, 2.45) is 0 Å². The van der Waals surface area contributed by atoms with Gasteiger partial charge in [-0.25, -0.2) is 8.42 Å². The first kappa shape index (κ1) is 22.2. The van der Waals surface area contributed by atoms with Crippen LogP contribution in [0.1, 0.15) is 6.42 Å². The number of carbonyl (C=O) groups is 1. The highest BCUT2D eigenvalue weighted by molar-refractivity contribution is 7.89. The number of nitro benzene ring substituents is 1. The standard InChI is InChI=1S/C19H21ClN4O5S/c20-17-6-1-2-7-18(17)21-19(25)8-9-22-10-12-23(13-11-22)30(28,29)16-5-3-4-15(14-16)24(26)27/h1-7,14H,8-13H2,(H,21,25). The Hall–Kier alpha value is -2.53. The summed E-state index contributed by atoms with van der Waals surface area (Å²) in [5, 5.41) is 14.1. The van der Waals surface area contributed by atoms with Crippen LogP contribution in [0.15, 0.2) is 53.4 Å². The Kier molecular flexibility index (Phi) is 7.03. The molecule has 30 heavy (non-hydrogen) atoms. The van der Waals surface area contributed by atoms with E-state index in [0.717, 1.165) is 6.07 Å². The number of rotatable bonds is 7. The number of hydrogen-bond donors (Lipinski definition) is 1. The zero-order valence-corrected chi connectivity index (χ0v) is 17.6. The fourth-order valence-electron chi connectivity index (χ4n) is 3.14. The van der Waals surface area contributed by atoms with Gasteiger partial charge in [-0.15, -0.1) is 0 Å². The Morgan fingerprint density at radius 3 is 2.47 bits per heavy atom. The predicted molar refractivity (Wildman–Crippen MR) is 113 cm³/mol. The molecule has 2 aromatic carbocycles. The van der Waals surface area contributed by atoms with Crippen LogP contribution >= 0.6 is 11.6 Å². The zero-order valence-electron chi connectivity index (χ0n) is 16.0. The molecule has 0 bridgehead atoms. The molecule has 0 radical (unpaired) electrons. The molecule has 0 atom stereocenters. The third kappa shape index (κ3) is 5.33. The van der Waals surface area contributed by atoms with Crippen molar-refractivity contribution in [2.75, 3.05) is 38.0 Å². The highest BCUT2D eigenvalue weighted by Gasteiger charge is 2.29.